The van der Waals surface area contributed by atoms with Crippen molar-refractivity contribution in [2.24, 2.45) is 0 Å². The molecule has 0 bridgehead atoms. The SMILES string of the molecule is CCOCCS(=O)(=O)NC(C)C(=O)OC. The Bertz CT molecular complexity index is 287. The van der Waals surface area contributed by atoms with Crippen molar-refractivity contribution in [2.45, 2.75) is 19.9 Å². The zero-order valence-corrected chi connectivity index (χ0v) is 9.96. The minimum atomic E-state index is -3.48. The van der Waals surface area contributed by atoms with Crippen molar-refractivity contribution in [3.05, 3.63) is 0 Å². The highest BCUT2D eigenvalue weighted by Crippen LogP contribution is 1.92. The molecule has 0 fully saturated rings. The second kappa shape index (κ2) is 6.76. The van der Waals surface area contributed by atoms with Crippen LogP contribution in [0.4, 0.5) is 0 Å². The molecule has 0 heterocycles. The molecule has 0 saturated carbocycles. The van der Waals surface area contributed by atoms with Crippen LogP contribution >= 0.6 is 0 Å². The van der Waals surface area contributed by atoms with E-state index < -0.39 is 22.0 Å². The van der Waals surface area contributed by atoms with E-state index in [2.05, 4.69) is 9.46 Å². The molecule has 15 heavy (non-hydrogen) atoms. The third-order valence-corrected chi connectivity index (χ3v) is 3.03. The fraction of sp³-hybridized carbons (Fsp3) is 0.875. The van der Waals surface area contributed by atoms with E-state index in [0.29, 0.717) is 6.61 Å². The van der Waals surface area contributed by atoms with Gasteiger partial charge in [0.2, 0.25) is 10.0 Å². The molecule has 0 aromatic carbocycles. The van der Waals surface area contributed by atoms with Crippen LogP contribution in [0.15, 0.2) is 0 Å². The van der Waals surface area contributed by atoms with E-state index >= 15 is 0 Å². The zero-order chi connectivity index (χ0) is 11.9. The highest BCUT2D eigenvalue weighted by molar-refractivity contribution is 7.89. The minimum Gasteiger partial charge on any atom is -0.468 e. The van der Waals surface area contributed by atoms with Gasteiger partial charge in [-0.1, -0.05) is 0 Å². The van der Waals surface area contributed by atoms with E-state index in [4.69, 9.17) is 4.74 Å². The third-order valence-electron chi connectivity index (χ3n) is 1.61. The topological polar surface area (TPSA) is 81.7 Å². The molecule has 0 aromatic heterocycles. The first kappa shape index (κ1) is 14.3. The van der Waals surface area contributed by atoms with E-state index in [-0.39, 0.29) is 12.4 Å². The Hall–Kier alpha value is -0.660. The van der Waals surface area contributed by atoms with Gasteiger partial charge in [0.25, 0.3) is 0 Å². The molecule has 0 aromatic rings. The van der Waals surface area contributed by atoms with E-state index in [0.717, 1.165) is 0 Å². The maximum Gasteiger partial charge on any atom is 0.323 e. The molecule has 0 rings (SSSR count). The van der Waals surface area contributed by atoms with Gasteiger partial charge in [0, 0.05) is 6.61 Å². The van der Waals surface area contributed by atoms with Gasteiger partial charge in [-0.05, 0) is 13.8 Å². The number of esters is 1. The maximum absolute atomic E-state index is 11.3. The molecule has 1 N–H and O–H groups in total. The van der Waals surface area contributed by atoms with Crippen molar-refractivity contribution in [3.8, 4) is 0 Å². The molecular weight excluding hydrogens is 222 g/mol. The molecule has 1 atom stereocenters. The lowest BCUT2D eigenvalue weighted by atomic mass is 10.4. The summed E-state index contributed by atoms with van der Waals surface area (Å²) in [6, 6.07) is -0.873. The Labute approximate surface area is 90.0 Å². The molecule has 0 aliphatic rings. The van der Waals surface area contributed by atoms with Gasteiger partial charge in [0.1, 0.15) is 6.04 Å². The van der Waals surface area contributed by atoms with Crippen molar-refractivity contribution in [2.75, 3.05) is 26.1 Å². The van der Waals surface area contributed by atoms with Crippen molar-refractivity contribution in [1.29, 1.82) is 0 Å². The van der Waals surface area contributed by atoms with Gasteiger partial charge in [-0.25, -0.2) is 13.1 Å². The molecule has 90 valence electrons. The van der Waals surface area contributed by atoms with Crippen LogP contribution < -0.4 is 4.72 Å². The van der Waals surface area contributed by atoms with Crippen LogP contribution in [0.2, 0.25) is 0 Å². The van der Waals surface area contributed by atoms with Crippen LogP contribution in [0.1, 0.15) is 13.8 Å². The highest BCUT2D eigenvalue weighted by Gasteiger charge is 2.20. The predicted octanol–water partition coefficient (Wildman–Crippen LogP) is -0.496. The third kappa shape index (κ3) is 6.43. The number of hydrogen-bond donors (Lipinski definition) is 1. The fourth-order valence-corrected chi connectivity index (χ4v) is 1.96. The van der Waals surface area contributed by atoms with Gasteiger partial charge >= 0.3 is 5.97 Å². The summed E-state index contributed by atoms with van der Waals surface area (Å²) in [6.45, 7) is 3.77. The van der Waals surface area contributed by atoms with Crippen LogP contribution in [0.25, 0.3) is 0 Å². The first-order valence-electron chi connectivity index (χ1n) is 4.58. The quantitative estimate of drug-likeness (QED) is 0.478. The lowest BCUT2D eigenvalue weighted by Crippen LogP contribution is -2.41. The van der Waals surface area contributed by atoms with Crippen LogP contribution in [0.5, 0.6) is 0 Å². The zero-order valence-electron chi connectivity index (χ0n) is 9.15. The van der Waals surface area contributed by atoms with Crippen LogP contribution in [0, 0.1) is 0 Å². The summed E-state index contributed by atoms with van der Waals surface area (Å²) in [7, 11) is -2.28. The van der Waals surface area contributed by atoms with Crippen LogP contribution in [-0.2, 0) is 24.3 Å². The van der Waals surface area contributed by atoms with Crippen molar-refractivity contribution < 1.29 is 22.7 Å². The molecule has 0 aliphatic heterocycles. The highest BCUT2D eigenvalue weighted by atomic mass is 32.2. The Morgan fingerprint density at radius 3 is 2.53 bits per heavy atom. The van der Waals surface area contributed by atoms with Crippen molar-refractivity contribution in [3.63, 3.8) is 0 Å². The van der Waals surface area contributed by atoms with E-state index in [1.165, 1.54) is 14.0 Å². The summed E-state index contributed by atoms with van der Waals surface area (Å²) >= 11 is 0. The summed E-state index contributed by atoms with van der Waals surface area (Å²) in [6.07, 6.45) is 0. The number of hydrogen-bond acceptors (Lipinski definition) is 5. The van der Waals surface area contributed by atoms with Crippen LogP contribution in [0.3, 0.4) is 0 Å². The summed E-state index contributed by atoms with van der Waals surface area (Å²) < 4.78 is 34.1. The minimum absolute atomic E-state index is 0.111. The number of sulfonamides is 1. The molecule has 0 spiro atoms. The monoisotopic (exact) mass is 239 g/mol. The molecule has 0 aliphatic carbocycles. The van der Waals surface area contributed by atoms with Crippen LogP contribution in [-0.4, -0.2) is 46.5 Å². The second-order valence-corrected chi connectivity index (χ2v) is 4.75. The molecular formula is C8H17NO5S. The average molecular weight is 239 g/mol. The number of nitrogens with one attached hydrogen (secondary N) is 1. The predicted molar refractivity (Wildman–Crippen MR) is 54.9 cm³/mol. The number of ether oxygens (including phenoxy) is 2. The molecule has 0 radical (unpaired) electrons. The van der Waals surface area contributed by atoms with E-state index in [9.17, 15) is 13.2 Å². The number of carbonyl (C=O) groups is 1. The number of carbonyl (C=O) groups excluding carboxylic acids is 1. The normalized spacial score (nSPS) is 13.5. The second-order valence-electron chi connectivity index (χ2n) is 2.88. The Kier molecular flexibility index (Phi) is 6.46. The lowest BCUT2D eigenvalue weighted by Gasteiger charge is -2.11. The van der Waals surface area contributed by atoms with Crippen molar-refractivity contribution >= 4 is 16.0 Å². The van der Waals surface area contributed by atoms with Gasteiger partial charge in [0.15, 0.2) is 0 Å². The molecule has 6 nitrogen and oxygen atoms in total. The first-order chi connectivity index (χ1) is 6.93. The number of rotatable bonds is 7. The van der Waals surface area contributed by atoms with Gasteiger partial charge in [-0.2, -0.15) is 0 Å². The molecule has 7 heteroatoms. The first-order valence-corrected chi connectivity index (χ1v) is 6.23. The van der Waals surface area contributed by atoms with Crippen molar-refractivity contribution in [1.82, 2.24) is 4.72 Å². The molecule has 0 amide bonds. The Morgan fingerprint density at radius 2 is 2.07 bits per heavy atom. The summed E-state index contributed by atoms with van der Waals surface area (Å²) in [5.41, 5.74) is 0. The lowest BCUT2D eigenvalue weighted by molar-refractivity contribution is -0.142. The van der Waals surface area contributed by atoms with E-state index in [1.807, 2.05) is 0 Å². The Balaban J connectivity index is 4.08. The van der Waals surface area contributed by atoms with Gasteiger partial charge < -0.3 is 9.47 Å². The largest absolute Gasteiger partial charge is 0.468 e. The molecule has 1 unspecified atom stereocenters. The summed E-state index contributed by atoms with van der Waals surface area (Å²) in [4.78, 5) is 10.9. The summed E-state index contributed by atoms with van der Waals surface area (Å²) in [5.74, 6) is -0.780. The maximum atomic E-state index is 11.3. The standard InChI is InChI=1S/C8H17NO5S/c1-4-14-5-6-15(11,12)9-7(2)8(10)13-3/h7,9H,4-6H2,1-3H3. The average Bonchev–Trinajstić information content (AvgIpc) is 2.16. The number of methoxy groups -OCH3 is 1. The molecule has 0 saturated heterocycles. The van der Waals surface area contributed by atoms with Gasteiger partial charge in [-0.15, -0.1) is 0 Å². The fourth-order valence-electron chi connectivity index (χ4n) is 0.866. The smallest absolute Gasteiger partial charge is 0.323 e. The van der Waals surface area contributed by atoms with Gasteiger partial charge in [-0.3, -0.25) is 4.79 Å². The Morgan fingerprint density at radius 1 is 1.47 bits per heavy atom. The van der Waals surface area contributed by atoms with E-state index in [1.54, 1.807) is 6.92 Å². The van der Waals surface area contributed by atoms with Gasteiger partial charge in [0.05, 0.1) is 19.5 Å². The summed E-state index contributed by atoms with van der Waals surface area (Å²) in [5, 5.41) is 0.